The van der Waals surface area contributed by atoms with E-state index < -0.39 is 17.4 Å². The van der Waals surface area contributed by atoms with Crippen molar-refractivity contribution < 1.29 is 18.3 Å². The van der Waals surface area contributed by atoms with Gasteiger partial charge in [-0.05, 0) is 40.2 Å². The van der Waals surface area contributed by atoms with Crippen molar-refractivity contribution in [3.05, 3.63) is 57.6 Å². The number of benzene rings is 2. The highest BCUT2D eigenvalue weighted by atomic mass is 79.9. The molecule has 0 aliphatic rings. The molecular formula is C14H10BrF2NO2. The zero-order chi connectivity index (χ0) is 14.9. The number of anilines is 1. The SMILES string of the molecule is COc1cc(F)c(Br)cc1C(=O)c1ccc(N)cc1F. The molecule has 0 saturated heterocycles. The van der Waals surface area contributed by atoms with E-state index >= 15 is 0 Å². The summed E-state index contributed by atoms with van der Waals surface area (Å²) >= 11 is 2.98. The summed E-state index contributed by atoms with van der Waals surface area (Å²) in [5.41, 5.74) is 5.55. The first kappa shape index (κ1) is 14.5. The van der Waals surface area contributed by atoms with Gasteiger partial charge in [-0.25, -0.2) is 8.78 Å². The van der Waals surface area contributed by atoms with Gasteiger partial charge in [-0.15, -0.1) is 0 Å². The number of ether oxygens (including phenoxy) is 1. The van der Waals surface area contributed by atoms with Crippen LogP contribution in [-0.2, 0) is 0 Å². The van der Waals surface area contributed by atoms with Crippen LogP contribution in [0.5, 0.6) is 5.75 Å². The smallest absolute Gasteiger partial charge is 0.199 e. The summed E-state index contributed by atoms with van der Waals surface area (Å²) in [4.78, 5) is 12.3. The monoisotopic (exact) mass is 341 g/mol. The van der Waals surface area contributed by atoms with Crippen LogP contribution in [0.3, 0.4) is 0 Å². The molecule has 0 radical (unpaired) electrons. The first-order valence-corrected chi connectivity index (χ1v) is 6.36. The number of carbonyl (C=O) groups is 1. The van der Waals surface area contributed by atoms with Crippen LogP contribution in [0.15, 0.2) is 34.8 Å². The Labute approximate surface area is 122 Å². The third-order valence-electron chi connectivity index (χ3n) is 2.72. The zero-order valence-corrected chi connectivity index (χ0v) is 12.0. The molecule has 2 rings (SSSR count). The number of hydrogen-bond donors (Lipinski definition) is 1. The molecule has 104 valence electrons. The van der Waals surface area contributed by atoms with E-state index in [-0.39, 0.29) is 27.0 Å². The number of hydrogen-bond acceptors (Lipinski definition) is 3. The molecule has 2 aromatic carbocycles. The summed E-state index contributed by atoms with van der Waals surface area (Å²) in [6.07, 6.45) is 0. The molecule has 3 nitrogen and oxygen atoms in total. The highest BCUT2D eigenvalue weighted by Gasteiger charge is 2.20. The Morgan fingerprint density at radius 2 is 1.85 bits per heavy atom. The van der Waals surface area contributed by atoms with Crippen LogP contribution >= 0.6 is 15.9 Å². The second-order valence-corrected chi connectivity index (χ2v) is 4.89. The second-order valence-electron chi connectivity index (χ2n) is 4.04. The van der Waals surface area contributed by atoms with Gasteiger partial charge in [0, 0.05) is 11.8 Å². The summed E-state index contributed by atoms with van der Waals surface area (Å²) in [5.74, 6) is -1.89. The number of methoxy groups -OCH3 is 1. The standard InChI is InChI=1S/C14H10BrF2NO2/c1-20-13-6-12(17)10(15)5-9(13)14(19)8-3-2-7(18)4-11(8)16/h2-6H,18H2,1H3. The van der Waals surface area contributed by atoms with Crippen LogP contribution in [0.4, 0.5) is 14.5 Å². The molecule has 6 heteroatoms. The molecule has 20 heavy (non-hydrogen) atoms. The molecule has 0 aliphatic carbocycles. The van der Waals surface area contributed by atoms with Gasteiger partial charge >= 0.3 is 0 Å². The molecule has 0 atom stereocenters. The molecule has 0 amide bonds. The van der Waals surface area contributed by atoms with Crippen molar-refractivity contribution in [1.82, 2.24) is 0 Å². The minimum absolute atomic E-state index is 0.0342. The molecule has 2 aromatic rings. The predicted octanol–water partition coefficient (Wildman–Crippen LogP) is 3.55. The van der Waals surface area contributed by atoms with E-state index in [0.29, 0.717) is 0 Å². The maximum Gasteiger partial charge on any atom is 0.199 e. The zero-order valence-electron chi connectivity index (χ0n) is 10.4. The molecule has 0 heterocycles. The van der Waals surface area contributed by atoms with E-state index in [4.69, 9.17) is 10.5 Å². The van der Waals surface area contributed by atoms with Crippen LogP contribution in [0.2, 0.25) is 0 Å². The van der Waals surface area contributed by atoms with E-state index in [9.17, 15) is 13.6 Å². The number of nitrogens with two attached hydrogens (primary N) is 1. The van der Waals surface area contributed by atoms with Gasteiger partial charge in [-0.1, -0.05) is 0 Å². The fourth-order valence-corrected chi connectivity index (χ4v) is 2.08. The van der Waals surface area contributed by atoms with Crippen molar-refractivity contribution in [2.75, 3.05) is 12.8 Å². The lowest BCUT2D eigenvalue weighted by molar-refractivity contribution is 0.103. The Kier molecular flexibility index (Phi) is 4.04. The third kappa shape index (κ3) is 2.65. The van der Waals surface area contributed by atoms with Crippen molar-refractivity contribution in [3.63, 3.8) is 0 Å². The quantitative estimate of drug-likeness (QED) is 0.686. The Bertz CT molecular complexity index is 689. The average Bonchev–Trinajstić information content (AvgIpc) is 2.40. The molecular weight excluding hydrogens is 332 g/mol. The molecule has 0 bridgehead atoms. The molecule has 0 unspecified atom stereocenters. The van der Waals surface area contributed by atoms with Crippen molar-refractivity contribution in [1.29, 1.82) is 0 Å². The van der Waals surface area contributed by atoms with Crippen LogP contribution in [0.1, 0.15) is 15.9 Å². The maximum absolute atomic E-state index is 13.8. The summed E-state index contributed by atoms with van der Waals surface area (Å²) in [5, 5.41) is 0. The second kappa shape index (κ2) is 5.58. The Morgan fingerprint density at radius 3 is 2.45 bits per heavy atom. The summed E-state index contributed by atoms with van der Waals surface area (Å²) in [7, 11) is 1.30. The fraction of sp³-hybridized carbons (Fsp3) is 0.0714. The molecule has 0 fully saturated rings. The molecule has 0 aliphatic heterocycles. The largest absolute Gasteiger partial charge is 0.496 e. The minimum Gasteiger partial charge on any atom is -0.496 e. The third-order valence-corrected chi connectivity index (χ3v) is 3.33. The van der Waals surface area contributed by atoms with E-state index in [1.165, 1.54) is 25.3 Å². The molecule has 0 saturated carbocycles. The number of nitrogen functional groups attached to an aromatic ring is 1. The van der Waals surface area contributed by atoms with E-state index in [1.54, 1.807) is 0 Å². The minimum atomic E-state index is -0.738. The summed E-state index contributed by atoms with van der Waals surface area (Å²) < 4.78 is 32.2. The van der Waals surface area contributed by atoms with Crippen molar-refractivity contribution in [2.45, 2.75) is 0 Å². The topological polar surface area (TPSA) is 52.3 Å². The van der Waals surface area contributed by atoms with Crippen molar-refractivity contribution in [3.8, 4) is 5.75 Å². The normalized spacial score (nSPS) is 10.4. The lowest BCUT2D eigenvalue weighted by atomic mass is 10.0. The van der Waals surface area contributed by atoms with Crippen LogP contribution in [-0.4, -0.2) is 12.9 Å². The number of rotatable bonds is 3. The number of ketones is 1. The van der Waals surface area contributed by atoms with Gasteiger partial charge in [0.15, 0.2) is 5.78 Å². The highest BCUT2D eigenvalue weighted by molar-refractivity contribution is 9.10. The van der Waals surface area contributed by atoms with Crippen LogP contribution in [0, 0.1) is 11.6 Å². The molecule has 0 aromatic heterocycles. The highest BCUT2D eigenvalue weighted by Crippen LogP contribution is 2.29. The van der Waals surface area contributed by atoms with Gasteiger partial charge in [-0.2, -0.15) is 0 Å². The number of halogens is 3. The van der Waals surface area contributed by atoms with Crippen LogP contribution < -0.4 is 10.5 Å². The first-order chi connectivity index (χ1) is 9.43. The Hall–Kier alpha value is -1.95. The molecule has 0 spiro atoms. The van der Waals surface area contributed by atoms with Gasteiger partial charge in [0.25, 0.3) is 0 Å². The Morgan fingerprint density at radius 1 is 1.15 bits per heavy atom. The van der Waals surface area contributed by atoms with Crippen LogP contribution in [0.25, 0.3) is 0 Å². The fourth-order valence-electron chi connectivity index (χ4n) is 1.74. The lowest BCUT2D eigenvalue weighted by Gasteiger charge is -2.10. The summed E-state index contributed by atoms with van der Waals surface area (Å²) in [6, 6.07) is 6.07. The van der Waals surface area contributed by atoms with Gasteiger partial charge in [0.1, 0.15) is 17.4 Å². The van der Waals surface area contributed by atoms with Gasteiger partial charge < -0.3 is 10.5 Å². The van der Waals surface area contributed by atoms with Gasteiger partial charge in [-0.3, -0.25) is 4.79 Å². The van der Waals surface area contributed by atoms with E-state index in [0.717, 1.165) is 12.1 Å². The maximum atomic E-state index is 13.8. The van der Waals surface area contributed by atoms with E-state index in [2.05, 4.69) is 15.9 Å². The summed E-state index contributed by atoms with van der Waals surface area (Å²) in [6.45, 7) is 0. The number of carbonyl (C=O) groups excluding carboxylic acids is 1. The van der Waals surface area contributed by atoms with Gasteiger partial charge in [0.2, 0.25) is 0 Å². The lowest BCUT2D eigenvalue weighted by Crippen LogP contribution is -2.07. The van der Waals surface area contributed by atoms with Gasteiger partial charge in [0.05, 0.1) is 22.7 Å². The van der Waals surface area contributed by atoms with Crippen molar-refractivity contribution >= 4 is 27.4 Å². The first-order valence-electron chi connectivity index (χ1n) is 5.56. The van der Waals surface area contributed by atoms with E-state index in [1.807, 2.05) is 0 Å². The van der Waals surface area contributed by atoms with Crippen molar-refractivity contribution in [2.24, 2.45) is 0 Å². The Balaban J connectivity index is 2.55. The molecule has 2 N–H and O–H groups in total. The average molecular weight is 342 g/mol. The predicted molar refractivity (Wildman–Crippen MR) is 74.9 cm³/mol.